The molecule has 23 heavy (non-hydrogen) atoms. The van der Waals surface area contributed by atoms with Gasteiger partial charge in [0.2, 0.25) is 0 Å². The van der Waals surface area contributed by atoms with Crippen molar-refractivity contribution in [2.75, 3.05) is 18.5 Å². The van der Waals surface area contributed by atoms with Crippen molar-refractivity contribution < 1.29 is 19.2 Å². The highest BCUT2D eigenvalue weighted by atomic mass is 19.1. The smallest absolute Gasteiger partial charge is 0.272 e. The van der Waals surface area contributed by atoms with Crippen LogP contribution in [-0.4, -0.2) is 29.3 Å². The molecule has 0 aliphatic carbocycles. The van der Waals surface area contributed by atoms with Crippen molar-refractivity contribution in [3.05, 3.63) is 64.0 Å². The molecule has 0 aliphatic rings. The van der Waals surface area contributed by atoms with Crippen molar-refractivity contribution in [1.82, 2.24) is 0 Å². The van der Waals surface area contributed by atoms with E-state index in [0.717, 1.165) is 0 Å². The Morgan fingerprint density at radius 2 is 2.00 bits per heavy atom. The lowest BCUT2D eigenvalue weighted by molar-refractivity contribution is -0.385. The Labute approximate surface area is 132 Å². The summed E-state index contributed by atoms with van der Waals surface area (Å²) in [5.41, 5.74) is 1.27. The standard InChI is InChI=1S/C16H17FN2O4/c1-11-8-13(4-7-16(11)19(21)22)18-9-14(20)10-23-15-5-2-12(17)3-6-15/h2-8,14,18,20H,9-10H2,1H3. The molecule has 122 valence electrons. The van der Waals surface area contributed by atoms with E-state index in [1.165, 1.54) is 30.3 Å². The van der Waals surface area contributed by atoms with Gasteiger partial charge in [0, 0.05) is 23.9 Å². The average Bonchev–Trinajstić information content (AvgIpc) is 2.52. The maximum absolute atomic E-state index is 12.7. The molecule has 0 fully saturated rings. The van der Waals surface area contributed by atoms with E-state index in [0.29, 0.717) is 17.0 Å². The minimum Gasteiger partial charge on any atom is -0.491 e. The van der Waals surface area contributed by atoms with Gasteiger partial charge in [-0.2, -0.15) is 0 Å². The fourth-order valence-electron chi connectivity index (χ4n) is 1.99. The zero-order chi connectivity index (χ0) is 16.8. The highest BCUT2D eigenvalue weighted by Gasteiger charge is 2.11. The fourth-order valence-corrected chi connectivity index (χ4v) is 1.99. The first-order valence-corrected chi connectivity index (χ1v) is 7.01. The first-order chi connectivity index (χ1) is 11.0. The molecule has 0 heterocycles. The van der Waals surface area contributed by atoms with Crippen LogP contribution in [0.4, 0.5) is 15.8 Å². The third kappa shape index (κ3) is 4.93. The van der Waals surface area contributed by atoms with Crippen LogP contribution in [0.2, 0.25) is 0 Å². The number of nitrogens with one attached hydrogen (secondary N) is 1. The highest BCUT2D eigenvalue weighted by Crippen LogP contribution is 2.21. The van der Waals surface area contributed by atoms with Crippen molar-refractivity contribution in [2.45, 2.75) is 13.0 Å². The molecule has 6 nitrogen and oxygen atoms in total. The molecular weight excluding hydrogens is 303 g/mol. The molecule has 0 radical (unpaired) electrons. The van der Waals surface area contributed by atoms with Gasteiger partial charge in [0.15, 0.2) is 0 Å². The summed E-state index contributed by atoms with van der Waals surface area (Å²) < 4.78 is 18.1. The van der Waals surface area contributed by atoms with E-state index in [2.05, 4.69) is 5.32 Å². The van der Waals surface area contributed by atoms with Gasteiger partial charge in [-0.3, -0.25) is 10.1 Å². The molecule has 2 aromatic carbocycles. The molecule has 1 atom stereocenters. The first-order valence-electron chi connectivity index (χ1n) is 7.01. The van der Waals surface area contributed by atoms with Gasteiger partial charge >= 0.3 is 0 Å². The van der Waals surface area contributed by atoms with Gasteiger partial charge in [0.05, 0.1) is 4.92 Å². The number of hydrogen-bond acceptors (Lipinski definition) is 5. The summed E-state index contributed by atoms with van der Waals surface area (Å²) in [7, 11) is 0. The summed E-state index contributed by atoms with van der Waals surface area (Å²) in [4.78, 5) is 10.3. The maximum Gasteiger partial charge on any atom is 0.272 e. The zero-order valence-electron chi connectivity index (χ0n) is 12.5. The molecule has 0 saturated carbocycles. The molecule has 0 amide bonds. The second kappa shape index (κ2) is 7.55. The molecular formula is C16H17FN2O4. The van der Waals surface area contributed by atoms with Crippen LogP contribution < -0.4 is 10.1 Å². The fraction of sp³-hybridized carbons (Fsp3) is 0.250. The molecule has 0 aliphatic heterocycles. The number of hydrogen-bond donors (Lipinski definition) is 2. The van der Waals surface area contributed by atoms with Gasteiger partial charge in [0.1, 0.15) is 24.3 Å². The molecule has 2 aromatic rings. The Hall–Kier alpha value is -2.67. The van der Waals surface area contributed by atoms with Gasteiger partial charge in [0.25, 0.3) is 5.69 Å². The molecule has 2 N–H and O–H groups in total. The van der Waals surface area contributed by atoms with Gasteiger partial charge < -0.3 is 15.2 Å². The summed E-state index contributed by atoms with van der Waals surface area (Å²) in [5, 5.41) is 23.6. The number of benzene rings is 2. The minimum absolute atomic E-state index is 0.0462. The number of nitrogens with zero attached hydrogens (tertiary/aromatic N) is 1. The number of nitro benzene ring substituents is 1. The molecule has 0 bridgehead atoms. The summed E-state index contributed by atoms with van der Waals surface area (Å²) in [5.74, 6) is 0.115. The number of aliphatic hydroxyl groups is 1. The minimum atomic E-state index is -0.782. The third-order valence-electron chi connectivity index (χ3n) is 3.19. The summed E-state index contributed by atoms with van der Waals surface area (Å²) in [6.45, 7) is 1.92. The summed E-state index contributed by atoms with van der Waals surface area (Å²) in [6, 6.07) is 10.2. The van der Waals surface area contributed by atoms with Crippen LogP contribution in [0, 0.1) is 22.9 Å². The van der Waals surface area contributed by atoms with Gasteiger partial charge in [-0.1, -0.05) is 0 Å². The highest BCUT2D eigenvalue weighted by molar-refractivity contribution is 5.53. The van der Waals surface area contributed by atoms with E-state index < -0.39 is 11.0 Å². The average molecular weight is 320 g/mol. The largest absolute Gasteiger partial charge is 0.491 e. The third-order valence-corrected chi connectivity index (χ3v) is 3.19. The lowest BCUT2D eigenvalue weighted by Crippen LogP contribution is -2.26. The van der Waals surface area contributed by atoms with Crippen molar-refractivity contribution in [2.24, 2.45) is 0 Å². The zero-order valence-corrected chi connectivity index (χ0v) is 12.5. The number of halogens is 1. The summed E-state index contributed by atoms with van der Waals surface area (Å²) >= 11 is 0. The van der Waals surface area contributed by atoms with Crippen molar-refractivity contribution in [3.63, 3.8) is 0 Å². The second-order valence-corrected chi connectivity index (χ2v) is 5.06. The quantitative estimate of drug-likeness (QED) is 0.605. The topological polar surface area (TPSA) is 84.6 Å². The van der Waals surface area contributed by atoms with Crippen LogP contribution in [0.15, 0.2) is 42.5 Å². The molecule has 0 aromatic heterocycles. The number of aryl methyl sites for hydroxylation is 1. The van der Waals surface area contributed by atoms with Crippen LogP contribution in [0.25, 0.3) is 0 Å². The molecule has 0 spiro atoms. The number of ether oxygens (including phenoxy) is 1. The summed E-state index contributed by atoms with van der Waals surface area (Å²) in [6.07, 6.45) is -0.782. The Morgan fingerprint density at radius 3 is 2.61 bits per heavy atom. The van der Waals surface area contributed by atoms with Crippen LogP contribution in [0.3, 0.4) is 0 Å². The van der Waals surface area contributed by atoms with Crippen LogP contribution in [0.1, 0.15) is 5.56 Å². The Kier molecular flexibility index (Phi) is 5.48. The SMILES string of the molecule is Cc1cc(NCC(O)COc2ccc(F)cc2)ccc1[N+](=O)[O-]. The number of aliphatic hydroxyl groups excluding tert-OH is 1. The van der Waals surface area contributed by atoms with E-state index in [1.54, 1.807) is 19.1 Å². The van der Waals surface area contributed by atoms with Crippen LogP contribution in [-0.2, 0) is 0 Å². The van der Waals surface area contributed by atoms with E-state index >= 15 is 0 Å². The van der Waals surface area contributed by atoms with Gasteiger partial charge in [-0.25, -0.2) is 4.39 Å². The Balaban J connectivity index is 1.82. The predicted octanol–water partition coefficient (Wildman–Crippen LogP) is 2.89. The predicted molar refractivity (Wildman–Crippen MR) is 84.2 cm³/mol. The molecule has 0 saturated heterocycles. The van der Waals surface area contributed by atoms with Gasteiger partial charge in [-0.15, -0.1) is 0 Å². The van der Waals surface area contributed by atoms with E-state index in [9.17, 15) is 19.6 Å². The van der Waals surface area contributed by atoms with E-state index in [1.807, 2.05) is 0 Å². The number of nitro groups is 1. The maximum atomic E-state index is 12.7. The molecule has 7 heteroatoms. The van der Waals surface area contributed by atoms with Crippen molar-refractivity contribution in [1.29, 1.82) is 0 Å². The van der Waals surface area contributed by atoms with Crippen molar-refractivity contribution in [3.8, 4) is 5.75 Å². The lowest BCUT2D eigenvalue weighted by Gasteiger charge is -2.14. The Bertz CT molecular complexity index is 676. The van der Waals surface area contributed by atoms with Gasteiger partial charge in [-0.05, 0) is 43.3 Å². The molecule has 1 unspecified atom stereocenters. The van der Waals surface area contributed by atoms with Crippen molar-refractivity contribution >= 4 is 11.4 Å². The first kappa shape index (κ1) is 16.7. The Morgan fingerprint density at radius 1 is 1.30 bits per heavy atom. The lowest BCUT2D eigenvalue weighted by atomic mass is 10.2. The normalized spacial score (nSPS) is 11.8. The number of rotatable bonds is 7. The van der Waals surface area contributed by atoms with Crippen LogP contribution in [0.5, 0.6) is 5.75 Å². The van der Waals surface area contributed by atoms with E-state index in [-0.39, 0.29) is 24.7 Å². The molecule has 2 rings (SSSR count). The van der Waals surface area contributed by atoms with E-state index in [4.69, 9.17) is 4.74 Å². The second-order valence-electron chi connectivity index (χ2n) is 5.06. The monoisotopic (exact) mass is 320 g/mol. The number of anilines is 1. The van der Waals surface area contributed by atoms with Crippen LogP contribution >= 0.6 is 0 Å².